The Labute approximate surface area is 107 Å². The monoisotopic (exact) mass is 326 g/mol. The smallest absolute Gasteiger partial charge is 0.0692 e. The van der Waals surface area contributed by atoms with Crippen molar-refractivity contribution in [2.75, 3.05) is 13.7 Å². The summed E-state index contributed by atoms with van der Waals surface area (Å²) in [6, 6.07) is 0. The molecule has 90 valence electrons. The van der Waals surface area contributed by atoms with Crippen LogP contribution in [0, 0.1) is 0 Å². The Bertz CT molecular complexity index is 182. The third-order valence-corrected chi connectivity index (χ3v) is 4.64. The van der Waals surface area contributed by atoms with Gasteiger partial charge in [0.05, 0.1) is 11.7 Å². The molecule has 3 heteroatoms. The Morgan fingerprint density at radius 1 is 1.27 bits per heavy atom. The molecular weight excluding hydrogens is 303 g/mol. The number of hydrogen-bond donors (Lipinski definition) is 0. The van der Waals surface area contributed by atoms with E-state index in [4.69, 9.17) is 9.47 Å². The van der Waals surface area contributed by atoms with Crippen LogP contribution in [0.3, 0.4) is 0 Å². The molecule has 0 saturated heterocycles. The Balaban J connectivity index is 2.19. The van der Waals surface area contributed by atoms with Gasteiger partial charge in [-0.2, -0.15) is 0 Å². The molecule has 1 saturated carbocycles. The van der Waals surface area contributed by atoms with Gasteiger partial charge < -0.3 is 9.47 Å². The summed E-state index contributed by atoms with van der Waals surface area (Å²) in [5.74, 6) is 0. The molecule has 0 heterocycles. The van der Waals surface area contributed by atoms with Crippen LogP contribution in [0.1, 0.15) is 46.0 Å². The van der Waals surface area contributed by atoms with Crippen LogP contribution in [0.4, 0.5) is 0 Å². The van der Waals surface area contributed by atoms with Gasteiger partial charge in [0.15, 0.2) is 0 Å². The van der Waals surface area contributed by atoms with Gasteiger partial charge >= 0.3 is 0 Å². The van der Waals surface area contributed by atoms with Crippen molar-refractivity contribution in [1.29, 1.82) is 0 Å². The van der Waals surface area contributed by atoms with E-state index in [1.54, 1.807) is 7.11 Å². The Hall–Kier alpha value is 0.650. The molecule has 2 nitrogen and oxygen atoms in total. The van der Waals surface area contributed by atoms with Crippen molar-refractivity contribution < 1.29 is 9.47 Å². The lowest BCUT2D eigenvalue weighted by atomic mass is 9.97. The van der Waals surface area contributed by atoms with Gasteiger partial charge in [0, 0.05) is 17.6 Å². The van der Waals surface area contributed by atoms with Crippen LogP contribution in [0.5, 0.6) is 0 Å². The number of hydrogen-bond acceptors (Lipinski definition) is 2. The van der Waals surface area contributed by atoms with Crippen molar-refractivity contribution in [2.45, 2.75) is 61.6 Å². The van der Waals surface area contributed by atoms with Crippen molar-refractivity contribution >= 4 is 22.6 Å². The summed E-state index contributed by atoms with van der Waals surface area (Å²) in [7, 11) is 1.77. The maximum atomic E-state index is 5.95. The zero-order chi connectivity index (χ0) is 11.3. The van der Waals surface area contributed by atoms with E-state index >= 15 is 0 Å². The van der Waals surface area contributed by atoms with E-state index in [1.165, 1.54) is 25.7 Å². The number of rotatable bonds is 5. The third-order valence-electron chi connectivity index (χ3n) is 3.21. The summed E-state index contributed by atoms with van der Waals surface area (Å²) < 4.78 is 12.0. The second-order valence-electron chi connectivity index (χ2n) is 4.92. The van der Waals surface area contributed by atoms with Gasteiger partial charge in [-0.05, 0) is 33.1 Å². The molecule has 0 spiro atoms. The van der Waals surface area contributed by atoms with Gasteiger partial charge in [-0.15, -0.1) is 0 Å². The second-order valence-corrected chi connectivity index (χ2v) is 6.52. The highest BCUT2D eigenvalue weighted by Crippen LogP contribution is 2.27. The fourth-order valence-electron chi connectivity index (χ4n) is 1.80. The van der Waals surface area contributed by atoms with Gasteiger partial charge in [-0.3, -0.25) is 0 Å². The summed E-state index contributed by atoms with van der Waals surface area (Å²) in [4.78, 5) is 0. The zero-order valence-corrected chi connectivity index (χ0v) is 12.2. The van der Waals surface area contributed by atoms with E-state index in [9.17, 15) is 0 Å². The predicted molar refractivity (Wildman–Crippen MR) is 71.7 cm³/mol. The second kappa shape index (κ2) is 6.40. The van der Waals surface area contributed by atoms with Gasteiger partial charge in [0.25, 0.3) is 0 Å². The highest BCUT2D eigenvalue weighted by molar-refractivity contribution is 14.1. The van der Waals surface area contributed by atoms with Gasteiger partial charge in [-0.25, -0.2) is 0 Å². The van der Waals surface area contributed by atoms with Crippen LogP contribution in [0.2, 0.25) is 0 Å². The maximum Gasteiger partial charge on any atom is 0.0692 e. The average Bonchev–Trinajstić information content (AvgIpc) is 2.21. The van der Waals surface area contributed by atoms with Gasteiger partial charge in [-0.1, -0.05) is 35.4 Å². The van der Waals surface area contributed by atoms with Crippen LogP contribution in [-0.2, 0) is 9.47 Å². The summed E-state index contributed by atoms with van der Waals surface area (Å²) in [5.41, 5.74) is -0.0462. The van der Waals surface area contributed by atoms with Crippen LogP contribution >= 0.6 is 22.6 Å². The molecule has 1 fully saturated rings. The fraction of sp³-hybridized carbons (Fsp3) is 1.00. The molecule has 1 rings (SSSR count). The Kier molecular flexibility index (Phi) is 5.85. The molecule has 0 aromatic rings. The van der Waals surface area contributed by atoms with E-state index in [0.717, 1.165) is 13.0 Å². The van der Waals surface area contributed by atoms with Crippen LogP contribution in [-0.4, -0.2) is 29.3 Å². The Morgan fingerprint density at radius 2 is 1.93 bits per heavy atom. The van der Waals surface area contributed by atoms with Crippen LogP contribution < -0.4 is 0 Å². The summed E-state index contributed by atoms with van der Waals surface area (Å²) in [6.07, 6.45) is 6.71. The molecule has 2 unspecified atom stereocenters. The highest BCUT2D eigenvalue weighted by Gasteiger charge is 2.24. The first-order chi connectivity index (χ1) is 7.05. The summed E-state index contributed by atoms with van der Waals surface area (Å²) in [6.45, 7) is 5.04. The minimum absolute atomic E-state index is 0.0462. The number of halogens is 1. The van der Waals surface area contributed by atoms with Crippen molar-refractivity contribution in [2.24, 2.45) is 0 Å². The first-order valence-corrected chi connectivity index (χ1v) is 7.10. The van der Waals surface area contributed by atoms with Crippen molar-refractivity contribution in [3.8, 4) is 0 Å². The lowest BCUT2D eigenvalue weighted by Crippen LogP contribution is -2.31. The predicted octanol–water partition coefficient (Wildman–Crippen LogP) is 3.56. The molecule has 0 amide bonds. The minimum atomic E-state index is -0.0462. The molecule has 15 heavy (non-hydrogen) atoms. The SMILES string of the molecule is COC(C)(C)CCOC1CCCCC1I. The van der Waals surface area contributed by atoms with E-state index in [1.807, 2.05) is 0 Å². The highest BCUT2D eigenvalue weighted by atomic mass is 127. The van der Waals surface area contributed by atoms with Gasteiger partial charge in [0.2, 0.25) is 0 Å². The quantitative estimate of drug-likeness (QED) is 0.568. The Morgan fingerprint density at radius 3 is 2.53 bits per heavy atom. The van der Waals surface area contributed by atoms with Crippen LogP contribution in [0.25, 0.3) is 0 Å². The largest absolute Gasteiger partial charge is 0.379 e. The number of ether oxygens (including phenoxy) is 2. The molecule has 0 aromatic carbocycles. The van der Waals surface area contributed by atoms with E-state index in [-0.39, 0.29) is 5.60 Å². The number of alkyl halides is 1. The van der Waals surface area contributed by atoms with Crippen molar-refractivity contribution in [1.82, 2.24) is 0 Å². The molecule has 0 bridgehead atoms. The lowest BCUT2D eigenvalue weighted by Gasteiger charge is -2.29. The topological polar surface area (TPSA) is 18.5 Å². The van der Waals surface area contributed by atoms with Gasteiger partial charge in [0.1, 0.15) is 0 Å². The van der Waals surface area contributed by atoms with E-state index in [0.29, 0.717) is 10.0 Å². The van der Waals surface area contributed by atoms with E-state index < -0.39 is 0 Å². The third kappa shape index (κ3) is 5.00. The number of methoxy groups -OCH3 is 1. The van der Waals surface area contributed by atoms with Crippen molar-refractivity contribution in [3.05, 3.63) is 0 Å². The molecule has 2 atom stereocenters. The summed E-state index contributed by atoms with van der Waals surface area (Å²) in [5, 5.41) is 0. The average molecular weight is 326 g/mol. The lowest BCUT2D eigenvalue weighted by molar-refractivity contribution is -0.0312. The van der Waals surface area contributed by atoms with Crippen LogP contribution in [0.15, 0.2) is 0 Å². The molecular formula is C12H23IO2. The normalized spacial score (nSPS) is 28.0. The maximum absolute atomic E-state index is 5.95. The first kappa shape index (κ1) is 13.7. The first-order valence-electron chi connectivity index (χ1n) is 5.86. The molecule has 0 N–H and O–H groups in total. The van der Waals surface area contributed by atoms with E-state index in [2.05, 4.69) is 36.4 Å². The summed E-state index contributed by atoms with van der Waals surface area (Å²) >= 11 is 2.53. The van der Waals surface area contributed by atoms with Crippen molar-refractivity contribution in [3.63, 3.8) is 0 Å². The standard InChI is InChI=1S/C12H23IO2/c1-12(2,14-3)8-9-15-11-7-5-4-6-10(11)13/h10-11H,4-9H2,1-3H3. The molecule has 0 aromatic heterocycles. The zero-order valence-electron chi connectivity index (χ0n) is 10.1. The molecule has 0 radical (unpaired) electrons. The fourth-order valence-corrected chi connectivity index (χ4v) is 2.81. The molecule has 1 aliphatic carbocycles. The molecule has 1 aliphatic rings. The minimum Gasteiger partial charge on any atom is -0.379 e. The molecule has 0 aliphatic heterocycles.